The van der Waals surface area contributed by atoms with Crippen LogP contribution in [0.25, 0.3) is 5.65 Å². The number of carbonyl (C=O) groups excluding carboxylic acids is 1. The van der Waals surface area contributed by atoms with Gasteiger partial charge >= 0.3 is 5.97 Å². The quantitative estimate of drug-likeness (QED) is 0.494. The van der Waals surface area contributed by atoms with Crippen molar-refractivity contribution in [1.29, 1.82) is 0 Å². The molecule has 3 rings (SSSR count). The molecule has 0 fully saturated rings. The summed E-state index contributed by atoms with van der Waals surface area (Å²) >= 11 is 9.42. The highest BCUT2D eigenvalue weighted by molar-refractivity contribution is 9.10. The van der Waals surface area contributed by atoms with Gasteiger partial charge in [0.2, 0.25) is 0 Å². The number of benzene rings is 1. The summed E-state index contributed by atoms with van der Waals surface area (Å²) in [6.07, 6.45) is 2.94. The summed E-state index contributed by atoms with van der Waals surface area (Å²) in [5.74, 6) is -1.08. The van der Waals surface area contributed by atoms with E-state index in [4.69, 9.17) is 16.3 Å². The Morgan fingerprint density at radius 3 is 2.90 bits per heavy atom. The summed E-state index contributed by atoms with van der Waals surface area (Å²) in [6.45, 7) is 1.73. The van der Waals surface area contributed by atoms with E-state index in [0.29, 0.717) is 10.3 Å². The first-order valence-electron chi connectivity index (χ1n) is 8.60. The number of fused-ring (bicyclic) bond motifs is 1. The number of carbonyl (C=O) groups is 1. The molecule has 0 saturated heterocycles. The van der Waals surface area contributed by atoms with Gasteiger partial charge in [-0.15, -0.1) is 0 Å². The van der Waals surface area contributed by atoms with Crippen LogP contribution in [0.2, 0.25) is 5.02 Å². The van der Waals surface area contributed by atoms with Crippen molar-refractivity contribution in [2.75, 3.05) is 24.7 Å². The molecule has 0 atom stereocenters. The van der Waals surface area contributed by atoms with Crippen LogP contribution < -0.4 is 4.90 Å². The van der Waals surface area contributed by atoms with Gasteiger partial charge in [-0.25, -0.2) is 18.7 Å². The molecule has 0 aliphatic rings. The lowest BCUT2D eigenvalue weighted by Crippen LogP contribution is -2.28. The van der Waals surface area contributed by atoms with Crippen LogP contribution in [0.4, 0.5) is 10.2 Å². The minimum Gasteiger partial charge on any atom is -0.508 e. The Morgan fingerprint density at radius 1 is 1.45 bits per heavy atom. The van der Waals surface area contributed by atoms with Gasteiger partial charge in [0, 0.05) is 24.8 Å². The molecule has 0 saturated carbocycles. The second kappa shape index (κ2) is 8.93. The molecule has 0 spiro atoms. The molecular formula is C18H17BrClFN4O4. The number of aliphatic hydroxyl groups is 1. The third-order valence-electron chi connectivity index (χ3n) is 4.12. The number of phenolic OH excluding ortho intramolecular Hbond substituents is 1. The molecule has 0 amide bonds. The van der Waals surface area contributed by atoms with Gasteiger partial charge in [0.25, 0.3) is 0 Å². The monoisotopic (exact) mass is 486 g/mol. The molecule has 2 aromatic heterocycles. The SMILES string of the molecule is CCOC(=O)c1cnn2cc(Br)c(N(CCO)Cc3c(O)ccc(F)c3Cl)nc12. The number of hydrogen-bond acceptors (Lipinski definition) is 7. The van der Waals surface area contributed by atoms with E-state index in [9.17, 15) is 19.4 Å². The number of phenols is 1. The van der Waals surface area contributed by atoms with Crippen LogP contribution in [0.1, 0.15) is 22.8 Å². The molecule has 0 unspecified atom stereocenters. The van der Waals surface area contributed by atoms with E-state index in [1.54, 1.807) is 18.0 Å². The average Bonchev–Trinajstić information content (AvgIpc) is 3.09. The van der Waals surface area contributed by atoms with E-state index in [1.165, 1.54) is 16.8 Å². The van der Waals surface area contributed by atoms with Crippen molar-refractivity contribution in [3.05, 3.63) is 51.0 Å². The number of aliphatic hydroxyl groups excluding tert-OH is 1. The maximum absolute atomic E-state index is 13.9. The van der Waals surface area contributed by atoms with Gasteiger partial charge in [-0.2, -0.15) is 5.10 Å². The van der Waals surface area contributed by atoms with E-state index < -0.39 is 11.8 Å². The molecule has 3 aromatic rings. The van der Waals surface area contributed by atoms with Gasteiger partial charge in [0.05, 0.1) is 28.9 Å². The van der Waals surface area contributed by atoms with E-state index in [-0.39, 0.29) is 53.8 Å². The number of rotatable bonds is 7. The van der Waals surface area contributed by atoms with Gasteiger partial charge < -0.3 is 19.8 Å². The van der Waals surface area contributed by atoms with Crippen molar-refractivity contribution in [1.82, 2.24) is 14.6 Å². The van der Waals surface area contributed by atoms with Crippen LogP contribution in [-0.4, -0.2) is 50.5 Å². The number of nitrogens with zero attached hydrogens (tertiary/aromatic N) is 4. The number of ether oxygens (including phenoxy) is 1. The van der Waals surface area contributed by atoms with Crippen LogP contribution >= 0.6 is 27.5 Å². The third kappa shape index (κ3) is 4.29. The summed E-state index contributed by atoms with van der Waals surface area (Å²) in [5, 5.41) is 23.5. The first kappa shape index (κ1) is 21.3. The summed E-state index contributed by atoms with van der Waals surface area (Å²) in [7, 11) is 0. The first-order chi connectivity index (χ1) is 13.9. The van der Waals surface area contributed by atoms with Gasteiger partial charge in [0.15, 0.2) is 5.65 Å². The highest BCUT2D eigenvalue weighted by Crippen LogP contribution is 2.33. The maximum Gasteiger partial charge on any atom is 0.343 e. The fourth-order valence-corrected chi connectivity index (χ4v) is 3.51. The Labute approximate surface area is 178 Å². The molecule has 0 bridgehead atoms. The average molecular weight is 488 g/mol. The number of esters is 1. The Balaban J connectivity index is 2.07. The number of hydrogen-bond donors (Lipinski definition) is 2. The van der Waals surface area contributed by atoms with E-state index >= 15 is 0 Å². The number of anilines is 1. The largest absolute Gasteiger partial charge is 0.508 e. The lowest BCUT2D eigenvalue weighted by atomic mass is 10.1. The molecule has 154 valence electrons. The lowest BCUT2D eigenvalue weighted by molar-refractivity contribution is 0.0528. The van der Waals surface area contributed by atoms with Crippen LogP contribution in [0, 0.1) is 5.82 Å². The molecule has 0 aliphatic heterocycles. The summed E-state index contributed by atoms with van der Waals surface area (Å²) in [5.41, 5.74) is 0.572. The van der Waals surface area contributed by atoms with E-state index in [1.807, 2.05) is 0 Å². The number of aromatic nitrogens is 3. The van der Waals surface area contributed by atoms with Crippen LogP contribution in [-0.2, 0) is 11.3 Å². The van der Waals surface area contributed by atoms with Crippen molar-refractivity contribution in [2.45, 2.75) is 13.5 Å². The van der Waals surface area contributed by atoms with Gasteiger partial charge in [-0.05, 0) is 35.0 Å². The second-order valence-electron chi connectivity index (χ2n) is 5.96. The minimum absolute atomic E-state index is 0.0341. The van der Waals surface area contributed by atoms with Crippen molar-refractivity contribution in [2.24, 2.45) is 0 Å². The predicted octanol–water partition coefficient (Wildman–Crippen LogP) is 3.17. The summed E-state index contributed by atoms with van der Waals surface area (Å²) < 4.78 is 20.8. The zero-order valence-electron chi connectivity index (χ0n) is 15.3. The standard InChI is InChI=1S/C18H17BrClFN4O4/c1-2-29-18(28)10-7-22-25-9-12(19)17(23-16(10)25)24(5-6-26)8-11-14(27)4-3-13(21)15(11)20/h3-4,7,9,26-27H,2,5-6,8H2,1H3. The maximum atomic E-state index is 13.9. The molecule has 0 radical (unpaired) electrons. The van der Waals surface area contributed by atoms with Gasteiger partial charge in [-0.1, -0.05) is 11.6 Å². The zero-order valence-corrected chi connectivity index (χ0v) is 17.6. The Hall–Kier alpha value is -2.43. The summed E-state index contributed by atoms with van der Waals surface area (Å²) in [4.78, 5) is 18.2. The van der Waals surface area contributed by atoms with Crippen LogP contribution in [0.3, 0.4) is 0 Å². The molecule has 8 nitrogen and oxygen atoms in total. The fraction of sp³-hybridized carbons (Fsp3) is 0.278. The highest BCUT2D eigenvalue weighted by Gasteiger charge is 2.22. The minimum atomic E-state index is -0.675. The first-order valence-corrected chi connectivity index (χ1v) is 9.77. The smallest absolute Gasteiger partial charge is 0.343 e. The summed E-state index contributed by atoms with van der Waals surface area (Å²) in [6, 6.07) is 2.27. The van der Waals surface area contributed by atoms with Gasteiger partial charge in [0.1, 0.15) is 22.9 Å². The molecule has 11 heteroatoms. The molecule has 2 heterocycles. The predicted molar refractivity (Wildman–Crippen MR) is 108 cm³/mol. The van der Waals surface area contributed by atoms with Crippen molar-refractivity contribution in [3.8, 4) is 5.75 Å². The van der Waals surface area contributed by atoms with E-state index in [0.717, 1.165) is 6.07 Å². The lowest BCUT2D eigenvalue weighted by Gasteiger charge is -2.25. The van der Waals surface area contributed by atoms with Crippen molar-refractivity contribution >= 4 is 45.0 Å². The second-order valence-corrected chi connectivity index (χ2v) is 7.20. The Morgan fingerprint density at radius 2 is 2.21 bits per heavy atom. The molecule has 1 aromatic carbocycles. The van der Waals surface area contributed by atoms with Crippen LogP contribution in [0.5, 0.6) is 5.75 Å². The number of aromatic hydroxyl groups is 1. The highest BCUT2D eigenvalue weighted by atomic mass is 79.9. The van der Waals surface area contributed by atoms with Crippen LogP contribution in [0.15, 0.2) is 29.0 Å². The third-order valence-corrected chi connectivity index (χ3v) is 5.08. The van der Waals surface area contributed by atoms with E-state index in [2.05, 4.69) is 26.0 Å². The van der Waals surface area contributed by atoms with Crippen molar-refractivity contribution in [3.63, 3.8) is 0 Å². The molecule has 0 aliphatic carbocycles. The molecule has 29 heavy (non-hydrogen) atoms. The fourth-order valence-electron chi connectivity index (χ4n) is 2.76. The van der Waals surface area contributed by atoms with Gasteiger partial charge in [-0.3, -0.25) is 0 Å². The molecule has 2 N–H and O–H groups in total. The Kier molecular flexibility index (Phi) is 6.56. The number of halogens is 3. The van der Waals surface area contributed by atoms with Crippen molar-refractivity contribution < 1.29 is 24.1 Å². The Bertz CT molecular complexity index is 1060. The zero-order chi connectivity index (χ0) is 21.1. The molecular weight excluding hydrogens is 471 g/mol. The topological polar surface area (TPSA) is 100 Å². The normalized spacial score (nSPS) is 11.1.